The van der Waals surface area contributed by atoms with Crippen molar-refractivity contribution in [1.82, 2.24) is 14.9 Å². The molecule has 2 aromatic rings. The van der Waals surface area contributed by atoms with Crippen LogP contribution in [-0.4, -0.2) is 27.3 Å². The number of fused-ring (bicyclic) bond motifs is 1. The summed E-state index contributed by atoms with van der Waals surface area (Å²) < 4.78 is 6.91. The highest BCUT2D eigenvalue weighted by Crippen LogP contribution is 2.34. The molecule has 1 aliphatic rings. The quantitative estimate of drug-likeness (QED) is 0.834. The van der Waals surface area contributed by atoms with Crippen LogP contribution in [0.15, 0.2) is 23.0 Å². The number of ether oxygens (including phenoxy) is 1. The number of hydrogen-bond donors (Lipinski definition) is 2. The fourth-order valence-corrected chi connectivity index (χ4v) is 3.53. The second-order valence-corrected chi connectivity index (χ2v) is 8.44. The molecule has 1 fully saturated rings. The fourth-order valence-electron chi connectivity index (χ4n) is 3.28. The van der Waals surface area contributed by atoms with Crippen LogP contribution in [0.1, 0.15) is 58.4 Å². The predicted molar refractivity (Wildman–Crippen MR) is 105 cm³/mol. The molecule has 0 radical (unpaired) electrons. The number of aromatic nitrogens is 2. The molecule has 1 amide bonds. The van der Waals surface area contributed by atoms with E-state index in [2.05, 4.69) is 10.3 Å². The minimum atomic E-state index is -0.550. The first-order valence-electron chi connectivity index (χ1n) is 9.02. The average molecular weight is 393 g/mol. The highest BCUT2D eigenvalue weighted by Gasteiger charge is 2.35. The van der Waals surface area contributed by atoms with E-state index < -0.39 is 17.7 Å². The van der Waals surface area contributed by atoms with Gasteiger partial charge in [0.2, 0.25) is 0 Å². The van der Waals surface area contributed by atoms with Crippen LogP contribution in [0.25, 0.3) is 10.9 Å². The van der Waals surface area contributed by atoms with Gasteiger partial charge in [-0.25, -0.2) is 9.78 Å². The molecule has 0 aliphatic heterocycles. The number of amides is 1. The summed E-state index contributed by atoms with van der Waals surface area (Å²) in [4.78, 5) is 29.6. The molecule has 1 saturated carbocycles. The lowest BCUT2D eigenvalue weighted by Crippen LogP contribution is -2.49. The number of hydrogen-bond acceptors (Lipinski definition) is 5. The number of carbonyl (C=O) groups excluding carboxylic acids is 1. The van der Waals surface area contributed by atoms with Gasteiger partial charge in [0, 0.05) is 12.1 Å². The van der Waals surface area contributed by atoms with Gasteiger partial charge in [-0.05, 0) is 52.7 Å². The van der Waals surface area contributed by atoms with Crippen molar-refractivity contribution in [2.45, 2.75) is 64.3 Å². The summed E-state index contributed by atoms with van der Waals surface area (Å²) in [5, 5.41) is 3.60. The Morgan fingerprint density at radius 3 is 2.67 bits per heavy atom. The van der Waals surface area contributed by atoms with Gasteiger partial charge in [0.05, 0.1) is 22.0 Å². The number of benzene rings is 1. The first-order chi connectivity index (χ1) is 12.6. The SMILES string of the molecule is C[C@H](N)c1nc2cccc(Cl)c2c(=O)n1C1CC(NC(=O)OC(C)(C)C)C1. The first-order valence-corrected chi connectivity index (χ1v) is 9.40. The summed E-state index contributed by atoms with van der Waals surface area (Å²) in [7, 11) is 0. The molecule has 0 bridgehead atoms. The molecule has 0 spiro atoms. The van der Waals surface area contributed by atoms with Crippen molar-refractivity contribution in [1.29, 1.82) is 0 Å². The maximum absolute atomic E-state index is 13.1. The minimum Gasteiger partial charge on any atom is -0.444 e. The van der Waals surface area contributed by atoms with Gasteiger partial charge in [0.15, 0.2) is 0 Å². The summed E-state index contributed by atoms with van der Waals surface area (Å²) in [6, 6.07) is 4.64. The molecule has 3 rings (SSSR count). The Morgan fingerprint density at radius 1 is 1.41 bits per heavy atom. The summed E-state index contributed by atoms with van der Waals surface area (Å²) in [5.41, 5.74) is 5.86. The maximum atomic E-state index is 13.1. The third-order valence-electron chi connectivity index (χ3n) is 4.51. The van der Waals surface area contributed by atoms with Crippen LogP contribution in [-0.2, 0) is 4.74 Å². The van der Waals surface area contributed by atoms with E-state index in [9.17, 15) is 9.59 Å². The van der Waals surface area contributed by atoms with Gasteiger partial charge < -0.3 is 15.8 Å². The number of nitrogens with one attached hydrogen (secondary N) is 1. The van der Waals surface area contributed by atoms with Gasteiger partial charge in [0.25, 0.3) is 5.56 Å². The normalized spacial score (nSPS) is 20.8. The molecule has 8 heteroatoms. The molecular formula is C19H25ClN4O3. The Kier molecular flexibility index (Phi) is 5.18. The number of nitrogens with two attached hydrogens (primary N) is 1. The van der Waals surface area contributed by atoms with E-state index in [1.165, 1.54) is 0 Å². The molecule has 3 N–H and O–H groups in total. The van der Waals surface area contributed by atoms with E-state index in [-0.39, 0.29) is 17.6 Å². The topological polar surface area (TPSA) is 99.2 Å². The Labute approximate surface area is 162 Å². The van der Waals surface area contributed by atoms with E-state index in [0.717, 1.165) is 0 Å². The van der Waals surface area contributed by atoms with Gasteiger partial charge in [-0.3, -0.25) is 9.36 Å². The maximum Gasteiger partial charge on any atom is 0.407 e. The molecule has 27 heavy (non-hydrogen) atoms. The Morgan fingerprint density at radius 2 is 2.07 bits per heavy atom. The standard InChI is InChI=1S/C19H25ClN4O3/c1-10(21)16-23-14-7-5-6-13(20)15(14)17(25)24(16)12-8-11(9-12)22-18(26)27-19(2,3)4/h5-7,10-12H,8-9,21H2,1-4H3,(H,22,26)/t10-,11?,12?/m0/s1. The zero-order valence-corrected chi connectivity index (χ0v) is 16.7. The molecule has 7 nitrogen and oxygen atoms in total. The van der Waals surface area contributed by atoms with Crippen molar-refractivity contribution < 1.29 is 9.53 Å². The van der Waals surface area contributed by atoms with Crippen molar-refractivity contribution in [3.8, 4) is 0 Å². The van der Waals surface area contributed by atoms with E-state index in [1.54, 1.807) is 29.7 Å². The van der Waals surface area contributed by atoms with E-state index in [0.29, 0.717) is 34.6 Å². The zero-order chi connectivity index (χ0) is 19.9. The lowest BCUT2D eigenvalue weighted by Gasteiger charge is -2.38. The second kappa shape index (κ2) is 7.13. The van der Waals surface area contributed by atoms with Crippen LogP contribution in [0, 0.1) is 0 Å². The van der Waals surface area contributed by atoms with E-state index in [4.69, 9.17) is 22.1 Å². The largest absolute Gasteiger partial charge is 0.444 e. The van der Waals surface area contributed by atoms with Crippen LogP contribution in [0.3, 0.4) is 0 Å². The molecule has 0 saturated heterocycles. The fraction of sp³-hybridized carbons (Fsp3) is 0.526. The predicted octanol–water partition coefficient (Wildman–Crippen LogP) is 3.30. The van der Waals surface area contributed by atoms with Gasteiger partial charge in [-0.1, -0.05) is 17.7 Å². The van der Waals surface area contributed by atoms with Gasteiger partial charge in [0.1, 0.15) is 11.4 Å². The highest BCUT2D eigenvalue weighted by atomic mass is 35.5. The van der Waals surface area contributed by atoms with E-state index >= 15 is 0 Å². The van der Waals surface area contributed by atoms with Crippen molar-refractivity contribution >= 4 is 28.6 Å². The third kappa shape index (κ3) is 4.09. The first kappa shape index (κ1) is 19.6. The van der Waals surface area contributed by atoms with E-state index in [1.807, 2.05) is 20.8 Å². The van der Waals surface area contributed by atoms with Gasteiger partial charge >= 0.3 is 6.09 Å². The van der Waals surface area contributed by atoms with Gasteiger partial charge in [-0.2, -0.15) is 0 Å². The number of carbonyl (C=O) groups is 1. The van der Waals surface area contributed by atoms with Crippen LogP contribution in [0.4, 0.5) is 4.79 Å². The van der Waals surface area contributed by atoms with Crippen molar-refractivity contribution in [3.05, 3.63) is 39.4 Å². The van der Waals surface area contributed by atoms with Crippen LogP contribution in [0.5, 0.6) is 0 Å². The Balaban J connectivity index is 1.85. The average Bonchev–Trinajstić information content (AvgIpc) is 2.49. The summed E-state index contributed by atoms with van der Waals surface area (Å²) in [5.74, 6) is 0.524. The lowest BCUT2D eigenvalue weighted by molar-refractivity contribution is 0.0454. The number of alkyl carbamates (subject to hydrolysis) is 1. The summed E-state index contributed by atoms with van der Waals surface area (Å²) in [6.45, 7) is 7.24. The molecular weight excluding hydrogens is 368 g/mol. The molecule has 0 unspecified atom stereocenters. The number of rotatable bonds is 3. The minimum absolute atomic E-state index is 0.0559. The molecule has 1 aromatic heterocycles. The smallest absolute Gasteiger partial charge is 0.407 e. The molecule has 146 valence electrons. The summed E-state index contributed by atoms with van der Waals surface area (Å²) in [6.07, 6.45) is 0.762. The lowest BCUT2D eigenvalue weighted by atomic mass is 9.86. The monoisotopic (exact) mass is 392 g/mol. The molecule has 1 aromatic carbocycles. The van der Waals surface area contributed by atoms with Crippen molar-refractivity contribution in [2.75, 3.05) is 0 Å². The van der Waals surface area contributed by atoms with Gasteiger partial charge in [-0.15, -0.1) is 0 Å². The van der Waals surface area contributed by atoms with Crippen molar-refractivity contribution in [2.24, 2.45) is 5.73 Å². The summed E-state index contributed by atoms with van der Waals surface area (Å²) >= 11 is 6.23. The number of halogens is 1. The third-order valence-corrected chi connectivity index (χ3v) is 4.83. The zero-order valence-electron chi connectivity index (χ0n) is 16.0. The van der Waals surface area contributed by atoms with Crippen molar-refractivity contribution in [3.63, 3.8) is 0 Å². The Hall–Kier alpha value is -2.12. The van der Waals surface area contributed by atoms with Crippen LogP contribution < -0.4 is 16.6 Å². The molecule has 1 atom stereocenters. The highest BCUT2D eigenvalue weighted by molar-refractivity contribution is 6.35. The second-order valence-electron chi connectivity index (χ2n) is 8.04. The Bertz CT molecular complexity index is 927. The van der Waals surface area contributed by atoms with Crippen LogP contribution >= 0.6 is 11.6 Å². The molecule has 1 heterocycles. The molecule has 1 aliphatic carbocycles. The van der Waals surface area contributed by atoms with Crippen LogP contribution in [0.2, 0.25) is 5.02 Å². The number of nitrogens with zero attached hydrogens (tertiary/aromatic N) is 2.